The third-order valence-electron chi connectivity index (χ3n) is 2.94. The first-order chi connectivity index (χ1) is 8.30. The highest BCUT2D eigenvalue weighted by molar-refractivity contribution is 7.92. The van der Waals surface area contributed by atoms with Gasteiger partial charge in [-0.1, -0.05) is 18.2 Å². The molecule has 0 radical (unpaired) electrons. The summed E-state index contributed by atoms with van der Waals surface area (Å²) in [4.78, 5) is 0.203. The average Bonchev–Trinajstić information content (AvgIpc) is 2.57. The van der Waals surface area contributed by atoms with E-state index in [2.05, 4.69) is 4.72 Å². The van der Waals surface area contributed by atoms with Crippen molar-refractivity contribution in [1.82, 2.24) is 4.72 Å². The van der Waals surface area contributed by atoms with Gasteiger partial charge in [-0.15, -0.1) is 0 Å². The van der Waals surface area contributed by atoms with Gasteiger partial charge in [-0.05, 0) is 25.0 Å². The molecule has 5 nitrogen and oxygen atoms in total. The van der Waals surface area contributed by atoms with Crippen LogP contribution in [0.1, 0.15) is 12.0 Å². The molecule has 1 saturated heterocycles. The smallest absolute Gasteiger partial charge is 0.229 e. The van der Waals surface area contributed by atoms with Gasteiger partial charge in [0.1, 0.15) is 0 Å². The third kappa shape index (κ3) is 2.90. The van der Waals surface area contributed by atoms with E-state index < -0.39 is 25.9 Å². The van der Waals surface area contributed by atoms with Crippen LogP contribution >= 0.6 is 0 Å². The van der Waals surface area contributed by atoms with Crippen molar-refractivity contribution in [2.24, 2.45) is 0 Å². The zero-order valence-electron chi connectivity index (χ0n) is 9.96. The molecule has 1 aromatic carbocycles. The van der Waals surface area contributed by atoms with Gasteiger partial charge < -0.3 is 0 Å². The molecule has 1 heterocycles. The second-order valence-electron chi connectivity index (χ2n) is 4.49. The zero-order chi connectivity index (χ0) is 13.4. The van der Waals surface area contributed by atoms with Gasteiger partial charge in [-0.3, -0.25) is 0 Å². The van der Waals surface area contributed by atoms with Crippen LogP contribution in [-0.4, -0.2) is 34.4 Å². The molecule has 1 aliphatic heterocycles. The molecule has 2 rings (SSSR count). The average molecular weight is 289 g/mol. The minimum absolute atomic E-state index is 0.0496. The van der Waals surface area contributed by atoms with E-state index in [1.54, 1.807) is 25.1 Å². The van der Waals surface area contributed by atoms with Gasteiger partial charge in [0.05, 0.1) is 16.4 Å². The fourth-order valence-electron chi connectivity index (χ4n) is 2.03. The number of sulfone groups is 1. The van der Waals surface area contributed by atoms with Gasteiger partial charge in [0.2, 0.25) is 10.0 Å². The summed E-state index contributed by atoms with van der Waals surface area (Å²) >= 11 is 0. The largest absolute Gasteiger partial charge is 0.241 e. The van der Waals surface area contributed by atoms with Crippen LogP contribution < -0.4 is 4.72 Å². The van der Waals surface area contributed by atoms with Crippen LogP contribution in [0.3, 0.4) is 0 Å². The van der Waals surface area contributed by atoms with E-state index in [0.717, 1.165) is 0 Å². The number of benzene rings is 1. The van der Waals surface area contributed by atoms with Crippen molar-refractivity contribution in [2.75, 3.05) is 11.5 Å². The van der Waals surface area contributed by atoms with E-state index in [-0.39, 0.29) is 16.4 Å². The summed E-state index contributed by atoms with van der Waals surface area (Å²) in [5.41, 5.74) is 0.644. The lowest BCUT2D eigenvalue weighted by Gasteiger charge is -2.13. The summed E-state index contributed by atoms with van der Waals surface area (Å²) in [6.45, 7) is 1.71. The summed E-state index contributed by atoms with van der Waals surface area (Å²) in [5, 5.41) is 0. The monoisotopic (exact) mass is 289 g/mol. The summed E-state index contributed by atoms with van der Waals surface area (Å²) in [7, 11) is -6.73. The SMILES string of the molecule is Cc1ccccc1S(=O)(=O)NC1CCS(=O)(=O)C1. The molecular weight excluding hydrogens is 274 g/mol. The Hall–Kier alpha value is -0.920. The van der Waals surface area contributed by atoms with Crippen molar-refractivity contribution in [1.29, 1.82) is 0 Å². The highest BCUT2D eigenvalue weighted by Gasteiger charge is 2.31. The van der Waals surface area contributed by atoms with Gasteiger partial charge >= 0.3 is 0 Å². The van der Waals surface area contributed by atoms with Gasteiger partial charge in [-0.25, -0.2) is 21.6 Å². The fraction of sp³-hybridized carbons (Fsp3) is 0.455. The molecular formula is C11H15NO4S2. The summed E-state index contributed by atoms with van der Waals surface area (Å²) in [6, 6.07) is 6.11. The Labute approximate surface area is 107 Å². The predicted molar refractivity (Wildman–Crippen MR) is 68.6 cm³/mol. The van der Waals surface area contributed by atoms with Crippen LogP contribution in [0.25, 0.3) is 0 Å². The van der Waals surface area contributed by atoms with Crippen LogP contribution in [-0.2, 0) is 19.9 Å². The van der Waals surface area contributed by atoms with Crippen LogP contribution in [0, 0.1) is 6.92 Å². The molecule has 0 aliphatic carbocycles. The molecule has 1 aliphatic rings. The molecule has 1 atom stereocenters. The van der Waals surface area contributed by atoms with E-state index in [1.807, 2.05) is 0 Å². The minimum Gasteiger partial charge on any atom is -0.229 e. The molecule has 1 unspecified atom stereocenters. The highest BCUT2D eigenvalue weighted by atomic mass is 32.2. The molecule has 0 spiro atoms. The molecule has 1 fully saturated rings. The van der Waals surface area contributed by atoms with Crippen molar-refractivity contribution >= 4 is 19.9 Å². The van der Waals surface area contributed by atoms with E-state index in [9.17, 15) is 16.8 Å². The van der Waals surface area contributed by atoms with Gasteiger partial charge in [0.25, 0.3) is 0 Å². The second-order valence-corrected chi connectivity index (χ2v) is 8.40. The molecule has 7 heteroatoms. The number of hydrogen-bond acceptors (Lipinski definition) is 4. The topological polar surface area (TPSA) is 80.3 Å². The highest BCUT2D eigenvalue weighted by Crippen LogP contribution is 2.18. The first-order valence-electron chi connectivity index (χ1n) is 5.58. The maximum atomic E-state index is 12.1. The number of aryl methyl sites for hydroxylation is 1. The lowest BCUT2D eigenvalue weighted by Crippen LogP contribution is -2.35. The summed E-state index contributed by atoms with van der Waals surface area (Å²) in [5.74, 6) is -0.0634. The summed E-state index contributed by atoms with van der Waals surface area (Å²) in [6.07, 6.45) is 0.341. The van der Waals surface area contributed by atoms with Crippen LogP contribution in [0.15, 0.2) is 29.2 Å². The lowest BCUT2D eigenvalue weighted by atomic mass is 10.2. The Morgan fingerprint density at radius 3 is 2.50 bits per heavy atom. The van der Waals surface area contributed by atoms with E-state index >= 15 is 0 Å². The predicted octanol–water partition coefficient (Wildman–Crippen LogP) is 0.460. The molecule has 0 aromatic heterocycles. The molecule has 0 saturated carbocycles. The molecule has 100 valence electrons. The third-order valence-corrected chi connectivity index (χ3v) is 6.39. The normalized spacial score (nSPS) is 23.1. The van der Waals surface area contributed by atoms with Crippen molar-refractivity contribution in [3.05, 3.63) is 29.8 Å². The molecule has 0 bridgehead atoms. The van der Waals surface area contributed by atoms with Crippen molar-refractivity contribution in [3.8, 4) is 0 Å². The van der Waals surface area contributed by atoms with E-state index in [4.69, 9.17) is 0 Å². The van der Waals surface area contributed by atoms with Crippen LogP contribution in [0.2, 0.25) is 0 Å². The Bertz CT molecular complexity index is 649. The van der Waals surface area contributed by atoms with Crippen molar-refractivity contribution in [3.63, 3.8) is 0 Å². The van der Waals surface area contributed by atoms with Crippen molar-refractivity contribution < 1.29 is 16.8 Å². The quantitative estimate of drug-likeness (QED) is 0.876. The standard InChI is InChI=1S/C11H15NO4S2/c1-9-4-2-3-5-11(9)18(15,16)12-10-6-7-17(13,14)8-10/h2-5,10,12H,6-8H2,1H3. The minimum atomic E-state index is -3.64. The Balaban J connectivity index is 2.22. The first-order valence-corrected chi connectivity index (χ1v) is 8.89. The van der Waals surface area contributed by atoms with E-state index in [1.165, 1.54) is 6.07 Å². The Kier molecular flexibility index (Phi) is 3.48. The zero-order valence-corrected chi connectivity index (χ0v) is 11.6. The number of hydrogen-bond donors (Lipinski definition) is 1. The van der Waals surface area contributed by atoms with Crippen LogP contribution in [0.4, 0.5) is 0 Å². The van der Waals surface area contributed by atoms with Crippen LogP contribution in [0.5, 0.6) is 0 Å². The second kappa shape index (κ2) is 4.64. The molecule has 1 aromatic rings. The Morgan fingerprint density at radius 2 is 1.94 bits per heavy atom. The maximum Gasteiger partial charge on any atom is 0.241 e. The number of nitrogens with one attached hydrogen (secondary N) is 1. The summed E-state index contributed by atoms with van der Waals surface area (Å²) < 4.78 is 49.3. The molecule has 1 N–H and O–H groups in total. The lowest BCUT2D eigenvalue weighted by molar-refractivity contribution is 0.562. The molecule has 0 amide bonds. The fourth-order valence-corrected chi connectivity index (χ4v) is 5.32. The molecule has 18 heavy (non-hydrogen) atoms. The number of sulfonamides is 1. The van der Waals surface area contributed by atoms with E-state index in [0.29, 0.717) is 12.0 Å². The Morgan fingerprint density at radius 1 is 1.28 bits per heavy atom. The first kappa shape index (κ1) is 13.5. The van der Waals surface area contributed by atoms with Gasteiger partial charge in [0, 0.05) is 6.04 Å². The van der Waals surface area contributed by atoms with Crippen molar-refractivity contribution in [2.45, 2.75) is 24.3 Å². The van der Waals surface area contributed by atoms with Gasteiger partial charge in [0.15, 0.2) is 9.84 Å². The van der Waals surface area contributed by atoms with Gasteiger partial charge in [-0.2, -0.15) is 0 Å². The maximum absolute atomic E-state index is 12.1. The number of rotatable bonds is 3.